The first kappa shape index (κ1) is 17.7. The van der Waals surface area contributed by atoms with Crippen molar-refractivity contribution in [2.45, 2.75) is 0 Å². The monoisotopic (exact) mass is 360 g/mol. The molecule has 0 aliphatic heterocycles. The van der Waals surface area contributed by atoms with E-state index >= 15 is 0 Å². The summed E-state index contributed by atoms with van der Waals surface area (Å²) < 4.78 is 0. The van der Waals surface area contributed by atoms with Crippen LogP contribution < -0.4 is 11.5 Å². The Labute approximate surface area is 149 Å². The van der Waals surface area contributed by atoms with Gasteiger partial charge in [-0.15, -0.1) is 10.2 Å². The second-order valence-electron chi connectivity index (χ2n) is 4.56. The minimum atomic E-state index is -0.0338. The number of hydrogen-bond acceptors (Lipinski definition) is 4. The molecule has 122 valence electrons. The van der Waals surface area contributed by atoms with Crippen molar-refractivity contribution in [2.24, 2.45) is 31.9 Å². The lowest BCUT2D eigenvalue weighted by molar-refractivity contribution is 1.21. The molecule has 2 aromatic rings. The SMILES string of the molecule is NC(=N\N=C/c1ccc(Cl)cc1)/C(N)=N/N=C\c1ccc(Cl)cc1. The maximum Gasteiger partial charge on any atom is 0.190 e. The summed E-state index contributed by atoms with van der Waals surface area (Å²) in [7, 11) is 0. The summed E-state index contributed by atoms with van der Waals surface area (Å²) in [6.45, 7) is 0. The Bertz CT molecular complexity index is 723. The fourth-order valence-corrected chi connectivity index (χ4v) is 1.77. The molecule has 6 nitrogen and oxygen atoms in total. The zero-order valence-corrected chi connectivity index (χ0v) is 14.0. The van der Waals surface area contributed by atoms with Crippen molar-refractivity contribution >= 4 is 47.3 Å². The number of benzene rings is 2. The molecular formula is C16H14Cl2N6. The van der Waals surface area contributed by atoms with Gasteiger partial charge in [0.15, 0.2) is 11.7 Å². The average molecular weight is 361 g/mol. The Morgan fingerprint density at radius 2 is 1.00 bits per heavy atom. The predicted molar refractivity (Wildman–Crippen MR) is 101 cm³/mol. The molecule has 0 spiro atoms. The van der Waals surface area contributed by atoms with Gasteiger partial charge in [-0.3, -0.25) is 0 Å². The standard InChI is InChI=1S/C16H14Cl2N6/c17-13-5-1-11(2-6-13)9-21-23-15(19)16(20)24-22-10-12-3-7-14(18)8-4-12/h1-10H,(H2,19,23)(H2,20,24)/b21-9-,22-10-. The molecule has 4 N–H and O–H groups in total. The highest BCUT2D eigenvalue weighted by atomic mass is 35.5. The van der Waals surface area contributed by atoms with Crippen molar-refractivity contribution in [3.63, 3.8) is 0 Å². The minimum absolute atomic E-state index is 0.0338. The van der Waals surface area contributed by atoms with Crippen molar-refractivity contribution in [3.05, 3.63) is 69.7 Å². The maximum absolute atomic E-state index is 5.79. The normalized spacial score (nSPS) is 13.1. The van der Waals surface area contributed by atoms with Crippen LogP contribution in [0.3, 0.4) is 0 Å². The third kappa shape index (κ3) is 5.83. The van der Waals surface area contributed by atoms with Gasteiger partial charge in [0.05, 0.1) is 12.4 Å². The molecule has 0 aromatic heterocycles. The summed E-state index contributed by atoms with van der Waals surface area (Å²) in [5.41, 5.74) is 13.0. The van der Waals surface area contributed by atoms with Gasteiger partial charge in [0.1, 0.15) is 0 Å². The van der Waals surface area contributed by atoms with Crippen LogP contribution in [0.1, 0.15) is 11.1 Å². The first-order valence-corrected chi connectivity index (χ1v) is 7.54. The van der Waals surface area contributed by atoms with E-state index in [-0.39, 0.29) is 11.7 Å². The van der Waals surface area contributed by atoms with Crippen LogP contribution in [-0.2, 0) is 0 Å². The van der Waals surface area contributed by atoms with E-state index in [4.69, 9.17) is 34.7 Å². The van der Waals surface area contributed by atoms with E-state index in [0.29, 0.717) is 10.0 Å². The Balaban J connectivity index is 1.98. The zero-order chi connectivity index (χ0) is 17.4. The summed E-state index contributed by atoms with van der Waals surface area (Å²) in [4.78, 5) is 0. The van der Waals surface area contributed by atoms with Crippen LogP contribution in [0.4, 0.5) is 0 Å². The molecule has 0 unspecified atom stereocenters. The number of hydrogen-bond donors (Lipinski definition) is 2. The highest BCUT2D eigenvalue weighted by molar-refractivity contribution is 6.39. The Hall–Kier alpha value is -2.70. The van der Waals surface area contributed by atoms with Gasteiger partial charge in [-0.05, 0) is 35.4 Å². The van der Waals surface area contributed by atoms with Crippen LogP contribution in [0.2, 0.25) is 10.0 Å². The van der Waals surface area contributed by atoms with Crippen molar-refractivity contribution in [3.8, 4) is 0 Å². The quantitative estimate of drug-likeness (QED) is 0.497. The van der Waals surface area contributed by atoms with Crippen molar-refractivity contribution in [2.75, 3.05) is 0 Å². The van der Waals surface area contributed by atoms with Gasteiger partial charge in [0, 0.05) is 10.0 Å². The van der Waals surface area contributed by atoms with Gasteiger partial charge in [-0.25, -0.2) is 0 Å². The van der Waals surface area contributed by atoms with Gasteiger partial charge < -0.3 is 11.5 Å². The molecule has 0 radical (unpaired) electrons. The number of amidine groups is 2. The lowest BCUT2D eigenvalue weighted by Gasteiger charge is -1.95. The highest BCUT2D eigenvalue weighted by Crippen LogP contribution is 2.08. The van der Waals surface area contributed by atoms with Gasteiger partial charge in [0.25, 0.3) is 0 Å². The smallest absolute Gasteiger partial charge is 0.190 e. The molecule has 0 fully saturated rings. The molecule has 0 bridgehead atoms. The van der Waals surface area contributed by atoms with Crippen molar-refractivity contribution in [1.82, 2.24) is 0 Å². The highest BCUT2D eigenvalue weighted by Gasteiger charge is 1.97. The van der Waals surface area contributed by atoms with Gasteiger partial charge in [-0.2, -0.15) is 10.2 Å². The maximum atomic E-state index is 5.79. The first-order chi connectivity index (χ1) is 11.5. The lowest BCUT2D eigenvalue weighted by atomic mass is 10.2. The third-order valence-corrected chi connectivity index (χ3v) is 3.25. The van der Waals surface area contributed by atoms with Gasteiger partial charge in [0.2, 0.25) is 0 Å². The Morgan fingerprint density at radius 3 is 1.33 bits per heavy atom. The third-order valence-electron chi connectivity index (χ3n) is 2.75. The number of nitrogens with zero attached hydrogens (tertiary/aromatic N) is 4. The number of nitrogens with two attached hydrogens (primary N) is 2. The van der Waals surface area contributed by atoms with Crippen LogP contribution in [0.25, 0.3) is 0 Å². The van der Waals surface area contributed by atoms with E-state index in [1.165, 1.54) is 12.4 Å². The van der Waals surface area contributed by atoms with Crippen LogP contribution >= 0.6 is 23.2 Å². The van der Waals surface area contributed by atoms with Gasteiger partial charge in [-0.1, -0.05) is 47.5 Å². The van der Waals surface area contributed by atoms with Crippen LogP contribution in [0.5, 0.6) is 0 Å². The Kier molecular flexibility index (Phi) is 6.48. The molecule has 0 saturated heterocycles. The molecule has 0 amide bonds. The summed E-state index contributed by atoms with van der Waals surface area (Å²) in [5.74, 6) is -0.0676. The van der Waals surface area contributed by atoms with Crippen molar-refractivity contribution in [1.29, 1.82) is 0 Å². The van der Waals surface area contributed by atoms with E-state index < -0.39 is 0 Å². The predicted octanol–water partition coefficient (Wildman–Crippen LogP) is 3.08. The molecular weight excluding hydrogens is 347 g/mol. The molecule has 2 rings (SSSR count). The summed E-state index contributed by atoms with van der Waals surface area (Å²) in [5, 5.41) is 16.5. The Morgan fingerprint density at radius 1 is 0.667 bits per heavy atom. The van der Waals surface area contributed by atoms with E-state index in [1.54, 1.807) is 48.5 Å². The van der Waals surface area contributed by atoms with Gasteiger partial charge >= 0.3 is 0 Å². The number of rotatable bonds is 4. The summed E-state index contributed by atoms with van der Waals surface area (Å²) in [6, 6.07) is 14.2. The molecule has 0 saturated carbocycles. The van der Waals surface area contributed by atoms with Crippen molar-refractivity contribution < 1.29 is 0 Å². The molecule has 0 atom stereocenters. The molecule has 0 heterocycles. The minimum Gasteiger partial charge on any atom is -0.379 e. The molecule has 2 aromatic carbocycles. The fraction of sp³-hybridized carbons (Fsp3) is 0. The van der Waals surface area contributed by atoms with E-state index in [1.807, 2.05) is 0 Å². The molecule has 24 heavy (non-hydrogen) atoms. The van der Waals surface area contributed by atoms with Crippen LogP contribution in [0, 0.1) is 0 Å². The largest absolute Gasteiger partial charge is 0.379 e. The molecule has 0 aliphatic carbocycles. The molecule has 0 aliphatic rings. The average Bonchev–Trinajstić information content (AvgIpc) is 2.58. The second-order valence-corrected chi connectivity index (χ2v) is 5.44. The second kappa shape index (κ2) is 8.81. The number of halogens is 2. The van der Waals surface area contributed by atoms with E-state index in [9.17, 15) is 0 Å². The molecule has 8 heteroatoms. The zero-order valence-electron chi connectivity index (χ0n) is 12.5. The lowest BCUT2D eigenvalue weighted by Crippen LogP contribution is -2.30. The van der Waals surface area contributed by atoms with Crippen LogP contribution in [0.15, 0.2) is 68.9 Å². The first-order valence-electron chi connectivity index (χ1n) is 6.79. The topological polar surface area (TPSA) is 101 Å². The summed E-state index contributed by atoms with van der Waals surface area (Å²) >= 11 is 11.6. The van der Waals surface area contributed by atoms with Crippen LogP contribution in [-0.4, -0.2) is 24.1 Å². The van der Waals surface area contributed by atoms with E-state index in [2.05, 4.69) is 20.4 Å². The summed E-state index contributed by atoms with van der Waals surface area (Å²) in [6.07, 6.45) is 3.04. The van der Waals surface area contributed by atoms with E-state index in [0.717, 1.165) is 11.1 Å². The fourth-order valence-electron chi connectivity index (χ4n) is 1.52.